The molecule has 0 saturated carbocycles. The van der Waals surface area contributed by atoms with E-state index < -0.39 is 9.84 Å². The van der Waals surface area contributed by atoms with Gasteiger partial charge >= 0.3 is 0 Å². The van der Waals surface area contributed by atoms with Crippen LogP contribution in [0.2, 0.25) is 5.02 Å². The maximum absolute atomic E-state index is 13.5. The molecule has 7 heteroatoms. The topological polar surface area (TPSA) is 56.0 Å². The van der Waals surface area contributed by atoms with Gasteiger partial charge in [0.15, 0.2) is 11.1 Å². The first-order chi connectivity index (χ1) is 13.5. The predicted octanol–water partition coefficient (Wildman–Crippen LogP) is 1.86. The van der Waals surface area contributed by atoms with Crippen LogP contribution in [0.4, 0.5) is 5.69 Å². The van der Waals surface area contributed by atoms with E-state index in [0.29, 0.717) is 14.8 Å². The molecule has 0 bridgehead atoms. The molecule has 0 spiro atoms. The molecule has 0 unspecified atom stereocenters. The van der Waals surface area contributed by atoms with E-state index in [-0.39, 0.29) is 0 Å². The molecule has 4 rings (SSSR count). The largest absolute Gasteiger partial charge is 0.358 e. The third-order valence-corrected chi connectivity index (χ3v) is 7.48. The van der Waals surface area contributed by atoms with Crippen molar-refractivity contribution in [3.8, 4) is 0 Å². The van der Waals surface area contributed by atoms with Crippen LogP contribution in [0, 0.1) is 0 Å². The number of quaternary nitrogens is 1. The van der Waals surface area contributed by atoms with E-state index in [1.54, 1.807) is 30.5 Å². The van der Waals surface area contributed by atoms with Crippen LogP contribution in [-0.4, -0.2) is 41.1 Å². The van der Waals surface area contributed by atoms with Gasteiger partial charge in [0.05, 0.1) is 48.7 Å². The number of anilines is 1. The monoisotopic (exact) mass is 417 g/mol. The molecule has 1 fully saturated rings. The summed E-state index contributed by atoms with van der Waals surface area (Å²) in [6, 6.07) is 14.2. The Labute approximate surface area is 170 Å². The maximum atomic E-state index is 13.5. The molecule has 1 saturated heterocycles. The van der Waals surface area contributed by atoms with Gasteiger partial charge in [-0.25, -0.2) is 13.4 Å². The molecular weight excluding hydrogens is 394 g/mol. The summed E-state index contributed by atoms with van der Waals surface area (Å²) in [6.45, 7) is 6.86. The van der Waals surface area contributed by atoms with Gasteiger partial charge in [0, 0.05) is 11.1 Å². The summed E-state index contributed by atoms with van der Waals surface area (Å²) in [5, 5.41) is 1.43. The van der Waals surface area contributed by atoms with Crippen LogP contribution >= 0.6 is 11.6 Å². The van der Waals surface area contributed by atoms with Crippen LogP contribution in [0.1, 0.15) is 6.92 Å². The highest BCUT2D eigenvalue weighted by Gasteiger charge is 2.31. The first-order valence-electron chi connectivity index (χ1n) is 9.53. The van der Waals surface area contributed by atoms with Crippen molar-refractivity contribution in [2.45, 2.75) is 16.7 Å². The van der Waals surface area contributed by atoms with Crippen LogP contribution in [0.15, 0.2) is 64.5 Å². The molecule has 0 atom stereocenters. The molecule has 0 radical (unpaired) electrons. The molecule has 3 aromatic rings. The number of sulfone groups is 1. The smallest absolute Gasteiger partial charge is 0.214 e. The van der Waals surface area contributed by atoms with Gasteiger partial charge in [0.2, 0.25) is 15.4 Å². The Bertz CT molecular complexity index is 1100. The van der Waals surface area contributed by atoms with Gasteiger partial charge in [-0.05, 0) is 31.2 Å². The molecule has 146 valence electrons. The third-order valence-electron chi connectivity index (χ3n) is 5.46. The Kier molecular flexibility index (Phi) is 5.27. The number of aromatic nitrogens is 1. The molecule has 2 aromatic carbocycles. The van der Waals surface area contributed by atoms with Gasteiger partial charge in [-0.1, -0.05) is 29.8 Å². The quantitative estimate of drug-likeness (QED) is 0.705. The van der Waals surface area contributed by atoms with Gasteiger partial charge in [-0.2, -0.15) is 0 Å². The first kappa shape index (κ1) is 19.2. The van der Waals surface area contributed by atoms with Crippen molar-refractivity contribution in [1.29, 1.82) is 0 Å². The molecule has 2 N–H and O–H groups in total. The second kappa shape index (κ2) is 7.70. The summed E-state index contributed by atoms with van der Waals surface area (Å²) in [7, 11) is -3.67. The Morgan fingerprint density at radius 2 is 1.82 bits per heavy atom. The summed E-state index contributed by atoms with van der Waals surface area (Å²) >= 11 is 6.27. The number of aromatic amines is 1. The van der Waals surface area contributed by atoms with Crippen molar-refractivity contribution < 1.29 is 18.3 Å². The molecule has 0 amide bonds. The average molecular weight is 418 g/mol. The maximum Gasteiger partial charge on any atom is 0.214 e. The lowest BCUT2D eigenvalue weighted by Crippen LogP contribution is -3.14. The zero-order valence-electron chi connectivity index (χ0n) is 15.8. The molecule has 28 heavy (non-hydrogen) atoms. The molecule has 5 nitrogen and oxygen atoms in total. The van der Waals surface area contributed by atoms with Gasteiger partial charge in [-0.3, -0.25) is 0 Å². The number of benzene rings is 2. The molecule has 1 aromatic heterocycles. The molecular formula is C21H24ClN3O2S+2. The fourth-order valence-electron chi connectivity index (χ4n) is 3.84. The van der Waals surface area contributed by atoms with E-state index in [9.17, 15) is 8.42 Å². The van der Waals surface area contributed by atoms with Crippen LogP contribution in [-0.2, 0) is 9.84 Å². The number of pyridine rings is 1. The van der Waals surface area contributed by atoms with Crippen LogP contribution in [0.5, 0.6) is 0 Å². The number of hydrogen-bond acceptors (Lipinski definition) is 3. The predicted molar refractivity (Wildman–Crippen MR) is 111 cm³/mol. The SMILES string of the molecule is CC[NH+]1CCN(c2c(S(=O)(=O)c3ccccc3)c[nH+]c3ccc(Cl)cc23)CC1. The van der Waals surface area contributed by atoms with E-state index in [2.05, 4.69) is 16.8 Å². The summed E-state index contributed by atoms with van der Waals surface area (Å²) in [5.74, 6) is 0. The zero-order valence-corrected chi connectivity index (χ0v) is 17.4. The van der Waals surface area contributed by atoms with E-state index >= 15 is 0 Å². The van der Waals surface area contributed by atoms with E-state index in [1.807, 2.05) is 24.3 Å². The standard InChI is InChI=1S/C21H22ClN3O2S/c1-2-24-10-12-25(13-11-24)21-18-14-16(22)8-9-19(18)23-15-20(21)28(26,27)17-6-4-3-5-7-17/h3-9,14-15H,2,10-13H2,1H3/p+2. The van der Waals surface area contributed by atoms with Gasteiger partial charge in [0.25, 0.3) is 0 Å². The highest BCUT2D eigenvalue weighted by Crippen LogP contribution is 2.35. The van der Waals surface area contributed by atoms with Crippen molar-refractivity contribution in [3.05, 3.63) is 59.8 Å². The minimum Gasteiger partial charge on any atom is -0.358 e. The summed E-state index contributed by atoms with van der Waals surface area (Å²) in [6.07, 6.45) is 1.62. The number of rotatable bonds is 4. The third kappa shape index (κ3) is 3.48. The number of H-pyrrole nitrogens is 1. The van der Waals surface area contributed by atoms with Crippen molar-refractivity contribution in [1.82, 2.24) is 0 Å². The summed E-state index contributed by atoms with van der Waals surface area (Å²) in [4.78, 5) is 7.48. The lowest BCUT2D eigenvalue weighted by atomic mass is 10.1. The number of fused-ring (bicyclic) bond motifs is 1. The second-order valence-corrected chi connectivity index (χ2v) is 9.45. The van der Waals surface area contributed by atoms with Crippen molar-refractivity contribution in [2.75, 3.05) is 37.6 Å². The fourth-order valence-corrected chi connectivity index (χ4v) is 5.49. The number of nitrogens with zero attached hydrogens (tertiary/aromatic N) is 1. The van der Waals surface area contributed by atoms with Crippen molar-refractivity contribution in [2.24, 2.45) is 0 Å². The number of halogens is 1. The molecule has 2 heterocycles. The molecule has 0 aliphatic carbocycles. The lowest BCUT2D eigenvalue weighted by molar-refractivity contribution is -0.898. The normalized spacial score (nSPS) is 15.9. The van der Waals surface area contributed by atoms with Crippen molar-refractivity contribution in [3.63, 3.8) is 0 Å². The summed E-state index contributed by atoms with van der Waals surface area (Å²) < 4.78 is 26.9. The Morgan fingerprint density at radius 3 is 2.50 bits per heavy atom. The van der Waals surface area contributed by atoms with E-state index in [4.69, 9.17) is 11.6 Å². The Balaban J connectivity index is 1.92. The minimum absolute atomic E-state index is 0.295. The Hall–Kier alpha value is -2.15. The van der Waals surface area contributed by atoms with Gasteiger partial charge in [0.1, 0.15) is 0 Å². The highest BCUT2D eigenvalue weighted by atomic mass is 35.5. The molecule has 1 aliphatic heterocycles. The van der Waals surface area contributed by atoms with Gasteiger partial charge < -0.3 is 9.80 Å². The number of hydrogen-bond donors (Lipinski definition) is 1. The number of piperazine rings is 1. The summed E-state index contributed by atoms with van der Waals surface area (Å²) in [5.41, 5.74) is 1.62. The first-order valence-corrected chi connectivity index (χ1v) is 11.4. The second-order valence-electron chi connectivity index (χ2n) is 7.10. The van der Waals surface area contributed by atoms with Crippen molar-refractivity contribution >= 4 is 38.0 Å². The average Bonchev–Trinajstić information content (AvgIpc) is 2.73. The number of nitrogens with one attached hydrogen (secondary N) is 2. The fraction of sp³-hybridized carbons (Fsp3) is 0.286. The van der Waals surface area contributed by atoms with Crippen LogP contribution in [0.25, 0.3) is 10.9 Å². The van der Waals surface area contributed by atoms with E-state index in [1.165, 1.54) is 4.90 Å². The minimum atomic E-state index is -3.67. The van der Waals surface area contributed by atoms with Crippen LogP contribution in [0.3, 0.4) is 0 Å². The molecule has 1 aliphatic rings. The Morgan fingerprint density at radius 1 is 1.11 bits per heavy atom. The van der Waals surface area contributed by atoms with Crippen LogP contribution < -0.4 is 14.8 Å². The number of likely N-dealkylation sites (N-methyl/N-ethyl adjacent to an activating group) is 1. The van der Waals surface area contributed by atoms with Gasteiger partial charge in [-0.15, -0.1) is 0 Å². The zero-order chi connectivity index (χ0) is 19.7. The lowest BCUT2D eigenvalue weighted by Gasteiger charge is -2.34. The highest BCUT2D eigenvalue weighted by molar-refractivity contribution is 7.91. The van der Waals surface area contributed by atoms with E-state index in [0.717, 1.165) is 49.3 Å².